The fourth-order valence-corrected chi connectivity index (χ4v) is 8.25. The van der Waals surface area contributed by atoms with Gasteiger partial charge in [-0.25, -0.2) is 0 Å². The number of carbonyl (C=O) groups excluding carboxylic acids is 3. The summed E-state index contributed by atoms with van der Waals surface area (Å²) < 4.78 is 16.9. The van der Waals surface area contributed by atoms with E-state index in [0.29, 0.717) is 19.3 Å². The van der Waals surface area contributed by atoms with Crippen LogP contribution in [0, 0.1) is 0 Å². The monoisotopic (exact) mass is 1050 g/mol. The molecule has 0 rings (SSSR count). The zero-order chi connectivity index (χ0) is 55.0. The predicted molar refractivity (Wildman–Crippen MR) is 329 cm³/mol. The van der Waals surface area contributed by atoms with Gasteiger partial charge in [-0.05, 0) is 135 Å². The highest BCUT2D eigenvalue weighted by atomic mass is 16.6. The van der Waals surface area contributed by atoms with E-state index in [0.717, 1.165) is 148 Å². The molecule has 76 heavy (non-hydrogen) atoms. The van der Waals surface area contributed by atoms with Crippen molar-refractivity contribution in [2.75, 3.05) is 13.2 Å². The van der Waals surface area contributed by atoms with Crippen LogP contribution in [0.1, 0.15) is 271 Å². The van der Waals surface area contributed by atoms with Crippen LogP contribution in [0.15, 0.2) is 134 Å². The maximum Gasteiger partial charge on any atom is 0.306 e. The molecule has 0 aliphatic rings. The molecule has 0 aromatic carbocycles. The van der Waals surface area contributed by atoms with Crippen molar-refractivity contribution in [1.82, 2.24) is 0 Å². The van der Waals surface area contributed by atoms with Crippen LogP contribution < -0.4 is 0 Å². The second kappa shape index (κ2) is 63.1. The average Bonchev–Trinajstić information content (AvgIpc) is 3.42. The van der Waals surface area contributed by atoms with E-state index in [-0.39, 0.29) is 31.1 Å². The smallest absolute Gasteiger partial charge is 0.306 e. The normalized spacial score (nSPS) is 13.0. The maximum atomic E-state index is 12.9. The predicted octanol–water partition coefficient (Wildman–Crippen LogP) is 21.4. The van der Waals surface area contributed by atoms with Gasteiger partial charge in [0.25, 0.3) is 0 Å². The van der Waals surface area contributed by atoms with Crippen LogP contribution in [0.2, 0.25) is 0 Å². The van der Waals surface area contributed by atoms with Crippen molar-refractivity contribution in [1.29, 1.82) is 0 Å². The minimum Gasteiger partial charge on any atom is -0.462 e. The summed E-state index contributed by atoms with van der Waals surface area (Å²) in [6, 6.07) is 0. The van der Waals surface area contributed by atoms with Crippen LogP contribution in [0.25, 0.3) is 0 Å². The first-order chi connectivity index (χ1) is 37.5. The van der Waals surface area contributed by atoms with Crippen LogP contribution in [0.4, 0.5) is 0 Å². The third-order valence-electron chi connectivity index (χ3n) is 12.9. The molecule has 0 aliphatic carbocycles. The third-order valence-corrected chi connectivity index (χ3v) is 12.9. The second-order valence-electron chi connectivity index (χ2n) is 20.2. The minimum atomic E-state index is -0.807. The number of esters is 3. The van der Waals surface area contributed by atoms with E-state index in [4.69, 9.17) is 14.2 Å². The van der Waals surface area contributed by atoms with Crippen molar-refractivity contribution < 1.29 is 28.6 Å². The fraction of sp³-hybridized carbons (Fsp3) is 0.643. The van der Waals surface area contributed by atoms with E-state index in [1.165, 1.54) is 83.5 Å². The lowest BCUT2D eigenvalue weighted by Crippen LogP contribution is -2.30. The molecule has 0 saturated heterocycles. The van der Waals surface area contributed by atoms with Gasteiger partial charge in [0.1, 0.15) is 13.2 Å². The lowest BCUT2D eigenvalue weighted by Gasteiger charge is -2.18. The molecule has 0 spiro atoms. The zero-order valence-corrected chi connectivity index (χ0v) is 49.2. The van der Waals surface area contributed by atoms with Gasteiger partial charge in [0.15, 0.2) is 6.10 Å². The Labute approximate surface area is 468 Å². The van der Waals surface area contributed by atoms with Gasteiger partial charge in [0, 0.05) is 19.3 Å². The Morgan fingerprint density at radius 2 is 0.513 bits per heavy atom. The first-order valence-corrected chi connectivity index (χ1v) is 31.2. The molecule has 1 unspecified atom stereocenters. The van der Waals surface area contributed by atoms with E-state index < -0.39 is 6.10 Å². The molecule has 0 fully saturated rings. The Hall–Kier alpha value is -4.45. The van der Waals surface area contributed by atoms with Crippen LogP contribution in [0.3, 0.4) is 0 Å². The molecular formula is C70H114O6. The quantitative estimate of drug-likeness (QED) is 0.0261. The van der Waals surface area contributed by atoms with Crippen LogP contribution in [0.5, 0.6) is 0 Å². The Bertz CT molecular complexity index is 1630. The van der Waals surface area contributed by atoms with Gasteiger partial charge in [-0.3, -0.25) is 14.4 Å². The van der Waals surface area contributed by atoms with Gasteiger partial charge in [-0.15, -0.1) is 0 Å². The molecule has 0 aromatic heterocycles. The Morgan fingerprint density at radius 1 is 0.276 bits per heavy atom. The van der Waals surface area contributed by atoms with Crippen molar-refractivity contribution in [3.8, 4) is 0 Å². The van der Waals surface area contributed by atoms with Crippen LogP contribution in [-0.2, 0) is 28.6 Å². The summed E-state index contributed by atoms with van der Waals surface area (Å²) in [5.41, 5.74) is 0. The van der Waals surface area contributed by atoms with Crippen molar-refractivity contribution in [3.05, 3.63) is 134 Å². The molecule has 6 heteroatoms. The number of ether oxygens (including phenoxy) is 3. The second-order valence-corrected chi connectivity index (χ2v) is 20.2. The summed E-state index contributed by atoms with van der Waals surface area (Å²) in [6.07, 6.45) is 88.7. The fourth-order valence-electron chi connectivity index (χ4n) is 8.25. The van der Waals surface area contributed by atoms with E-state index in [2.05, 4.69) is 154 Å². The van der Waals surface area contributed by atoms with Crippen molar-refractivity contribution >= 4 is 17.9 Å². The van der Waals surface area contributed by atoms with Crippen molar-refractivity contribution in [3.63, 3.8) is 0 Å². The summed E-state index contributed by atoms with van der Waals surface area (Å²) in [5, 5.41) is 0. The standard InChI is InChI=1S/C70H114O6/c1-4-7-10-13-16-19-22-25-28-31-32-33-34-35-36-37-38-40-42-45-48-51-54-57-60-63-69(72)75-66-67(65-74-68(71)62-59-56-53-50-47-44-41-30-27-24-21-18-15-12-9-6-3)76-70(73)64-61-58-55-52-49-46-43-39-29-26-23-20-17-14-11-8-5-2/h7-8,10-11,16-17,19-20,25-26,28-30,32-33,35-36,38,40-41,45,48,67H,4-6,9,12-15,18,21-24,27,31,34,37,39,42-44,46-47,49-66H2,1-3H3/b10-7-,11-8-,19-16-,20-17-,28-25-,29-26-,33-32-,36-35-,40-38-,41-30-,48-45-. The molecule has 0 aromatic rings. The summed E-state index contributed by atoms with van der Waals surface area (Å²) in [4.78, 5) is 38.3. The molecule has 0 radical (unpaired) electrons. The number of rotatable bonds is 55. The maximum absolute atomic E-state index is 12.9. The number of allylic oxidation sites excluding steroid dienone is 22. The summed E-state index contributed by atoms with van der Waals surface area (Å²) >= 11 is 0. The van der Waals surface area contributed by atoms with Gasteiger partial charge in [0.2, 0.25) is 0 Å². The molecule has 0 amide bonds. The van der Waals surface area contributed by atoms with E-state index in [1.54, 1.807) is 0 Å². The number of hydrogen-bond acceptors (Lipinski definition) is 6. The number of unbranched alkanes of at least 4 members (excludes halogenated alkanes) is 22. The highest BCUT2D eigenvalue weighted by Gasteiger charge is 2.19. The van der Waals surface area contributed by atoms with Gasteiger partial charge in [-0.1, -0.05) is 251 Å². The lowest BCUT2D eigenvalue weighted by atomic mass is 10.1. The van der Waals surface area contributed by atoms with E-state index >= 15 is 0 Å². The summed E-state index contributed by atoms with van der Waals surface area (Å²) in [7, 11) is 0. The molecule has 1 atom stereocenters. The van der Waals surface area contributed by atoms with Gasteiger partial charge < -0.3 is 14.2 Å². The highest BCUT2D eigenvalue weighted by Crippen LogP contribution is 2.14. The van der Waals surface area contributed by atoms with Gasteiger partial charge >= 0.3 is 17.9 Å². The SMILES string of the molecule is CC/C=C\C/C=C\C/C=C\C/C=C\C/C=C\C/C=C\C/C=C\CCCCCC(=O)OCC(COC(=O)CCCCCCC/C=C\CCCCCCCCC)OC(=O)CCCCCCCCC/C=C\C/C=C\C/C=C\CC. The first-order valence-electron chi connectivity index (χ1n) is 31.2. The van der Waals surface area contributed by atoms with Crippen LogP contribution >= 0.6 is 0 Å². The molecule has 0 N–H and O–H groups in total. The Morgan fingerprint density at radius 3 is 0.829 bits per heavy atom. The number of hydrogen-bond donors (Lipinski definition) is 0. The molecule has 6 nitrogen and oxygen atoms in total. The van der Waals surface area contributed by atoms with Crippen molar-refractivity contribution in [2.45, 2.75) is 277 Å². The van der Waals surface area contributed by atoms with E-state index in [1.807, 2.05) is 0 Å². The summed E-state index contributed by atoms with van der Waals surface area (Å²) in [5.74, 6) is -0.951. The zero-order valence-electron chi connectivity index (χ0n) is 49.2. The largest absolute Gasteiger partial charge is 0.462 e. The third kappa shape index (κ3) is 60.4. The number of carbonyl (C=O) groups is 3. The van der Waals surface area contributed by atoms with Crippen molar-refractivity contribution in [2.24, 2.45) is 0 Å². The van der Waals surface area contributed by atoms with E-state index in [9.17, 15) is 14.4 Å². The lowest BCUT2D eigenvalue weighted by molar-refractivity contribution is -0.167. The van der Waals surface area contributed by atoms with Gasteiger partial charge in [0.05, 0.1) is 0 Å². The molecule has 0 bridgehead atoms. The van der Waals surface area contributed by atoms with Crippen LogP contribution in [-0.4, -0.2) is 37.2 Å². The molecule has 0 aliphatic heterocycles. The van der Waals surface area contributed by atoms with Gasteiger partial charge in [-0.2, -0.15) is 0 Å². The molecule has 0 heterocycles. The Kier molecular flexibility index (Phi) is 59.4. The molecule has 0 saturated carbocycles. The summed E-state index contributed by atoms with van der Waals surface area (Å²) in [6.45, 7) is 6.38. The Balaban J connectivity index is 4.48. The molecule has 430 valence electrons. The topological polar surface area (TPSA) is 78.9 Å². The first kappa shape index (κ1) is 71.5. The molecular weight excluding hydrogens is 937 g/mol. The highest BCUT2D eigenvalue weighted by molar-refractivity contribution is 5.71. The minimum absolute atomic E-state index is 0.101. The average molecular weight is 1050 g/mol.